The van der Waals surface area contributed by atoms with Crippen molar-refractivity contribution in [2.45, 2.75) is 0 Å². The highest BCUT2D eigenvalue weighted by Crippen LogP contribution is 1.43. The van der Waals surface area contributed by atoms with Crippen molar-refractivity contribution in [2.24, 2.45) is 0 Å². The fourth-order valence-electron chi connectivity index (χ4n) is 0.101. The monoisotopic (exact) mass is 90.0 g/mol. The third kappa shape index (κ3) is 4.57. The van der Waals surface area contributed by atoms with Gasteiger partial charge < -0.3 is 0 Å². The quantitative estimate of drug-likeness (QED) is 0.315. The van der Waals surface area contributed by atoms with Gasteiger partial charge in [0.05, 0.1) is 0 Å². The van der Waals surface area contributed by atoms with Crippen LogP contribution in [0.3, 0.4) is 0 Å². The number of hydrogen-bond donors (Lipinski definition) is 0. The lowest BCUT2D eigenvalue weighted by atomic mass is 10.7. The minimum absolute atomic E-state index is 1.36. The summed E-state index contributed by atoms with van der Waals surface area (Å²) >= 11 is 0. The normalized spacial score (nSPS) is 3.43. The average molecular weight is 90.1 g/mol. The van der Waals surface area contributed by atoms with Crippen molar-refractivity contribution in [3.8, 4) is 0 Å². The molecule has 7 heavy (non-hydrogen) atoms. The van der Waals surface area contributed by atoms with Gasteiger partial charge in [0.15, 0.2) is 5.94 Å². The Labute approximate surface area is 41.3 Å². The molecule has 0 aromatic rings. The zero-order valence-corrected chi connectivity index (χ0v) is 3.62. The molecule has 0 rings (SSSR count). The van der Waals surface area contributed by atoms with E-state index in [2.05, 4.69) is 23.8 Å². The van der Waals surface area contributed by atoms with E-state index in [-0.39, 0.29) is 0 Å². The van der Waals surface area contributed by atoms with E-state index in [4.69, 9.17) is 0 Å². The van der Waals surface area contributed by atoms with Gasteiger partial charge >= 0.3 is 0 Å². The summed E-state index contributed by atoms with van der Waals surface area (Å²) in [5.74, 6) is 1.36. The van der Waals surface area contributed by atoms with Gasteiger partial charge in [-0.1, -0.05) is 5.73 Å². The Balaban J connectivity index is 4.89. The molecule has 0 aliphatic carbocycles. The van der Waals surface area contributed by atoms with Crippen molar-refractivity contribution in [1.82, 2.24) is 0 Å². The fraction of sp³-hybridized carbons (Fsp3) is 0. The third-order valence-corrected chi connectivity index (χ3v) is 0.264. The first-order chi connectivity index (χ1) is 3.41. The molecule has 32 valence electrons. The van der Waals surface area contributed by atoms with Gasteiger partial charge in [0.2, 0.25) is 0 Å². The summed E-state index contributed by atoms with van der Waals surface area (Å²) < 4.78 is 0. The number of hydrogen-bond acceptors (Lipinski definition) is 1. The first-order valence-corrected chi connectivity index (χ1v) is 1.56. The molecule has 0 atom stereocenters. The molecular weight excluding hydrogens is 88.1 g/mol. The van der Waals surface area contributed by atoms with E-state index in [1.165, 1.54) is 5.94 Å². The van der Waals surface area contributed by atoms with Crippen LogP contribution in [0.2, 0.25) is 0 Å². The SMILES string of the molecule is C=C=C=C=C=C=O. The van der Waals surface area contributed by atoms with Crippen LogP contribution in [0.15, 0.2) is 29.5 Å². The summed E-state index contributed by atoms with van der Waals surface area (Å²) in [6, 6.07) is 0. The molecule has 0 amide bonds. The lowest BCUT2D eigenvalue weighted by molar-refractivity contribution is 0.569. The highest BCUT2D eigenvalue weighted by molar-refractivity contribution is 5.43. The second kappa shape index (κ2) is 4.57. The van der Waals surface area contributed by atoms with Crippen LogP contribution in [-0.2, 0) is 4.79 Å². The van der Waals surface area contributed by atoms with Crippen LogP contribution in [-0.4, -0.2) is 5.94 Å². The van der Waals surface area contributed by atoms with Gasteiger partial charge in [-0.15, -0.1) is 0 Å². The van der Waals surface area contributed by atoms with Crippen LogP contribution in [0.1, 0.15) is 0 Å². The van der Waals surface area contributed by atoms with E-state index >= 15 is 0 Å². The van der Waals surface area contributed by atoms with Crippen molar-refractivity contribution in [2.75, 3.05) is 0 Å². The summed E-state index contributed by atoms with van der Waals surface area (Å²) in [5.41, 5.74) is 8.68. The minimum atomic E-state index is 1.36. The first-order valence-electron chi connectivity index (χ1n) is 1.56. The molecule has 0 aromatic carbocycles. The van der Waals surface area contributed by atoms with Gasteiger partial charge in [0.1, 0.15) is 0 Å². The van der Waals surface area contributed by atoms with Crippen LogP contribution in [0.4, 0.5) is 0 Å². The molecule has 0 N–H and O–H groups in total. The molecule has 0 saturated heterocycles. The Bertz CT molecular complexity index is 187. The molecular formula is C6H2O. The molecule has 0 fully saturated rings. The lowest BCUT2D eigenvalue weighted by Crippen LogP contribution is -1.28. The predicted molar refractivity (Wildman–Crippen MR) is 25.4 cm³/mol. The van der Waals surface area contributed by atoms with Gasteiger partial charge in [-0.2, -0.15) is 0 Å². The molecule has 0 aliphatic heterocycles. The van der Waals surface area contributed by atoms with E-state index in [1.54, 1.807) is 0 Å². The van der Waals surface area contributed by atoms with Crippen LogP contribution in [0, 0.1) is 0 Å². The van der Waals surface area contributed by atoms with Gasteiger partial charge in [-0.05, 0) is 12.3 Å². The summed E-state index contributed by atoms with van der Waals surface area (Å²) in [7, 11) is 0. The van der Waals surface area contributed by atoms with Crippen LogP contribution < -0.4 is 0 Å². The van der Waals surface area contributed by atoms with E-state index in [0.29, 0.717) is 0 Å². The molecule has 0 radical (unpaired) electrons. The molecule has 0 unspecified atom stereocenters. The smallest absolute Gasteiger partial charge is 0.186 e. The maximum absolute atomic E-state index is 9.29. The average Bonchev–Trinajstić information content (AvgIpc) is 1.69. The molecule has 0 bridgehead atoms. The standard InChI is InChI=1S/C6H2O/c1-2-3-4-5-6-7/h1H2. The molecule has 0 aromatic heterocycles. The Morgan fingerprint density at radius 3 is 2.29 bits per heavy atom. The fourth-order valence-corrected chi connectivity index (χ4v) is 0.101. The Kier molecular flexibility index (Phi) is 3.64. The Morgan fingerprint density at radius 2 is 1.86 bits per heavy atom. The predicted octanol–water partition coefficient (Wildman–Crippen LogP) is 0.624. The summed E-state index contributed by atoms with van der Waals surface area (Å²) in [6.45, 7) is 3.16. The largest absolute Gasteiger partial charge is 0.223 e. The van der Waals surface area contributed by atoms with E-state index in [1.807, 2.05) is 5.73 Å². The van der Waals surface area contributed by atoms with E-state index in [0.717, 1.165) is 0 Å². The lowest BCUT2D eigenvalue weighted by Gasteiger charge is -1.30. The summed E-state index contributed by atoms with van der Waals surface area (Å²) in [4.78, 5) is 9.29. The van der Waals surface area contributed by atoms with Crippen LogP contribution in [0.5, 0.6) is 0 Å². The van der Waals surface area contributed by atoms with Crippen molar-refractivity contribution in [3.63, 3.8) is 0 Å². The molecule has 0 spiro atoms. The zero-order valence-electron chi connectivity index (χ0n) is 3.62. The van der Waals surface area contributed by atoms with Crippen LogP contribution in [0.25, 0.3) is 0 Å². The third-order valence-electron chi connectivity index (χ3n) is 0.264. The topological polar surface area (TPSA) is 17.1 Å². The highest BCUT2D eigenvalue weighted by Gasteiger charge is 1.33. The van der Waals surface area contributed by atoms with Gasteiger partial charge in [-0.25, -0.2) is 4.79 Å². The maximum Gasteiger partial charge on any atom is 0.186 e. The van der Waals surface area contributed by atoms with Gasteiger partial charge in [0, 0.05) is 11.5 Å². The molecule has 0 aliphatic rings. The molecule has 1 heteroatoms. The summed E-state index contributed by atoms with van der Waals surface area (Å²) in [5, 5.41) is 0. The maximum atomic E-state index is 9.29. The number of carbonyl (C=O) groups excluding carboxylic acids is 1. The number of rotatable bonds is 0. The highest BCUT2D eigenvalue weighted by atomic mass is 16.1. The Hall–Kier alpha value is -1.43. The molecule has 0 saturated carbocycles. The van der Waals surface area contributed by atoms with Crippen molar-refractivity contribution in [1.29, 1.82) is 0 Å². The summed E-state index contributed by atoms with van der Waals surface area (Å²) in [6.07, 6.45) is 0. The molecule has 0 heterocycles. The van der Waals surface area contributed by atoms with Crippen LogP contribution >= 0.6 is 0 Å². The second-order valence-electron chi connectivity index (χ2n) is 0.654. The minimum Gasteiger partial charge on any atom is -0.223 e. The Morgan fingerprint density at radius 1 is 1.14 bits per heavy atom. The molecule has 1 nitrogen and oxygen atoms in total. The first kappa shape index (κ1) is 5.57. The zero-order chi connectivity index (χ0) is 5.54. The van der Waals surface area contributed by atoms with E-state index < -0.39 is 0 Å². The van der Waals surface area contributed by atoms with Gasteiger partial charge in [-0.3, -0.25) is 0 Å². The van der Waals surface area contributed by atoms with Crippen molar-refractivity contribution >= 4 is 5.94 Å². The van der Waals surface area contributed by atoms with Crippen molar-refractivity contribution in [3.05, 3.63) is 29.5 Å². The van der Waals surface area contributed by atoms with Crippen molar-refractivity contribution < 1.29 is 4.79 Å². The van der Waals surface area contributed by atoms with E-state index in [9.17, 15) is 4.79 Å². The van der Waals surface area contributed by atoms with Gasteiger partial charge in [0.25, 0.3) is 0 Å². The second-order valence-corrected chi connectivity index (χ2v) is 0.654.